The van der Waals surface area contributed by atoms with Gasteiger partial charge in [-0.05, 0) is 37.3 Å². The number of fused-ring (bicyclic) bond motifs is 1. The average Bonchev–Trinajstić information content (AvgIpc) is 2.87. The van der Waals surface area contributed by atoms with Crippen LogP contribution in [0.1, 0.15) is 31.4 Å². The van der Waals surface area contributed by atoms with Gasteiger partial charge in [0.1, 0.15) is 5.65 Å². The molecule has 0 spiro atoms. The predicted molar refractivity (Wildman–Crippen MR) is 79.9 cm³/mol. The van der Waals surface area contributed by atoms with Crippen LogP contribution in [0, 0.1) is 5.92 Å². The minimum absolute atomic E-state index is 0.00142. The van der Waals surface area contributed by atoms with Gasteiger partial charge in [-0.15, -0.1) is 0 Å². The number of hydrogen-bond donors (Lipinski definition) is 2. The Kier molecular flexibility index (Phi) is 4.20. The van der Waals surface area contributed by atoms with Crippen molar-refractivity contribution in [2.24, 2.45) is 5.92 Å². The lowest BCUT2D eigenvalue weighted by atomic mass is 9.87. The molecule has 2 atom stereocenters. The number of imidazole rings is 1. The van der Waals surface area contributed by atoms with E-state index in [4.69, 9.17) is 0 Å². The summed E-state index contributed by atoms with van der Waals surface area (Å²) in [6.07, 6.45) is 7.75. The van der Waals surface area contributed by atoms with E-state index in [0.717, 1.165) is 37.0 Å². The van der Waals surface area contributed by atoms with Gasteiger partial charge in [-0.25, -0.2) is 4.98 Å². The Morgan fingerprint density at radius 2 is 2.33 bits per heavy atom. The van der Waals surface area contributed by atoms with Crippen molar-refractivity contribution in [1.29, 1.82) is 0 Å². The van der Waals surface area contributed by atoms with Crippen LogP contribution < -0.4 is 5.32 Å². The maximum atomic E-state index is 12.0. The van der Waals surface area contributed by atoms with Crippen molar-refractivity contribution < 1.29 is 9.90 Å². The van der Waals surface area contributed by atoms with Crippen LogP contribution in [0.25, 0.3) is 5.65 Å². The Bertz CT molecular complexity index is 590. The van der Waals surface area contributed by atoms with E-state index >= 15 is 0 Å². The summed E-state index contributed by atoms with van der Waals surface area (Å²) in [5, 5.41) is 12.6. The number of pyridine rings is 1. The molecule has 2 aromatic rings. The zero-order chi connectivity index (χ0) is 14.7. The first-order chi connectivity index (χ1) is 10.2. The van der Waals surface area contributed by atoms with Crippen molar-refractivity contribution in [2.45, 2.75) is 38.2 Å². The molecule has 1 aliphatic rings. The number of aliphatic hydroxyl groups is 1. The highest BCUT2D eigenvalue weighted by atomic mass is 16.3. The molecule has 0 saturated heterocycles. The van der Waals surface area contributed by atoms with Gasteiger partial charge in [-0.1, -0.05) is 12.5 Å². The molecule has 112 valence electrons. The van der Waals surface area contributed by atoms with Crippen molar-refractivity contribution >= 4 is 11.6 Å². The van der Waals surface area contributed by atoms with Crippen LogP contribution in [0.2, 0.25) is 0 Å². The van der Waals surface area contributed by atoms with E-state index in [-0.39, 0.29) is 12.0 Å². The van der Waals surface area contributed by atoms with Crippen LogP contribution in [0.3, 0.4) is 0 Å². The first-order valence-corrected chi connectivity index (χ1v) is 7.58. The molecular formula is C16H21N3O2. The Morgan fingerprint density at radius 1 is 1.43 bits per heavy atom. The van der Waals surface area contributed by atoms with Crippen LogP contribution >= 0.6 is 0 Å². The van der Waals surface area contributed by atoms with Crippen molar-refractivity contribution in [3.05, 3.63) is 36.3 Å². The van der Waals surface area contributed by atoms with Crippen LogP contribution in [-0.2, 0) is 11.2 Å². The molecule has 1 amide bonds. The topological polar surface area (TPSA) is 66.6 Å². The molecule has 5 heteroatoms. The highest BCUT2D eigenvalue weighted by Gasteiger charge is 2.20. The predicted octanol–water partition coefficient (Wildman–Crippen LogP) is 1.54. The number of aromatic nitrogens is 2. The number of hydrogen-bond acceptors (Lipinski definition) is 3. The van der Waals surface area contributed by atoms with Crippen LogP contribution in [0.4, 0.5) is 0 Å². The summed E-state index contributed by atoms with van der Waals surface area (Å²) < 4.78 is 1.92. The van der Waals surface area contributed by atoms with Crippen LogP contribution in [0.15, 0.2) is 30.6 Å². The van der Waals surface area contributed by atoms with E-state index in [9.17, 15) is 9.90 Å². The third-order valence-electron chi connectivity index (χ3n) is 4.10. The molecule has 0 aromatic carbocycles. The Balaban J connectivity index is 1.51. The van der Waals surface area contributed by atoms with Crippen LogP contribution in [-0.4, -0.2) is 33.0 Å². The molecule has 5 nitrogen and oxygen atoms in total. The summed E-state index contributed by atoms with van der Waals surface area (Å²) in [5.41, 5.74) is 1.64. The Morgan fingerprint density at radius 3 is 3.14 bits per heavy atom. The molecule has 0 bridgehead atoms. The minimum atomic E-state index is -0.195. The average molecular weight is 287 g/mol. The quantitative estimate of drug-likeness (QED) is 0.896. The van der Waals surface area contributed by atoms with Crippen molar-refractivity contribution in [3.63, 3.8) is 0 Å². The number of carbonyl (C=O) groups excluding carboxylic acids is 1. The third-order valence-corrected chi connectivity index (χ3v) is 4.10. The van der Waals surface area contributed by atoms with E-state index in [0.29, 0.717) is 18.9 Å². The highest BCUT2D eigenvalue weighted by molar-refractivity contribution is 5.78. The Labute approximate surface area is 124 Å². The van der Waals surface area contributed by atoms with E-state index < -0.39 is 0 Å². The standard InChI is InChI=1S/C16H21N3O2/c20-14-5-3-4-12(8-14)10-17-16(21)9-13-11-19-7-2-1-6-15(19)18-13/h1-2,6-7,11-12,14,20H,3-5,8-10H2,(H,17,21). The van der Waals surface area contributed by atoms with Gasteiger partial charge >= 0.3 is 0 Å². The summed E-state index contributed by atoms with van der Waals surface area (Å²) in [4.78, 5) is 16.4. The van der Waals surface area contributed by atoms with E-state index in [1.54, 1.807) is 0 Å². The summed E-state index contributed by atoms with van der Waals surface area (Å²) >= 11 is 0. The molecule has 3 rings (SSSR count). The number of amides is 1. The molecule has 21 heavy (non-hydrogen) atoms. The van der Waals surface area contributed by atoms with Gasteiger partial charge in [-0.2, -0.15) is 0 Å². The smallest absolute Gasteiger partial charge is 0.226 e. The number of nitrogens with one attached hydrogen (secondary N) is 1. The Hall–Kier alpha value is -1.88. The molecule has 1 fully saturated rings. The SMILES string of the molecule is O=C(Cc1cn2ccccc2n1)NCC1CCCC(O)C1. The zero-order valence-electron chi connectivity index (χ0n) is 12.0. The normalized spacial score (nSPS) is 22.3. The molecule has 1 saturated carbocycles. The lowest BCUT2D eigenvalue weighted by Gasteiger charge is -2.25. The van der Waals surface area contributed by atoms with Gasteiger partial charge in [0.25, 0.3) is 0 Å². The van der Waals surface area contributed by atoms with Crippen molar-refractivity contribution in [1.82, 2.24) is 14.7 Å². The number of aliphatic hydroxyl groups excluding tert-OH is 1. The molecule has 2 N–H and O–H groups in total. The first-order valence-electron chi connectivity index (χ1n) is 7.58. The van der Waals surface area contributed by atoms with Gasteiger partial charge in [-0.3, -0.25) is 4.79 Å². The van der Waals surface area contributed by atoms with Gasteiger partial charge in [0.15, 0.2) is 0 Å². The second-order valence-electron chi connectivity index (χ2n) is 5.87. The lowest BCUT2D eigenvalue weighted by Crippen LogP contribution is -2.33. The molecule has 1 aliphatic carbocycles. The summed E-state index contributed by atoms with van der Waals surface area (Å²) in [5.74, 6) is 0.400. The fourth-order valence-corrected chi connectivity index (χ4v) is 3.01. The number of nitrogens with zero attached hydrogens (tertiary/aromatic N) is 2. The molecule has 0 aliphatic heterocycles. The van der Waals surface area contributed by atoms with Crippen LogP contribution in [0.5, 0.6) is 0 Å². The van der Waals surface area contributed by atoms with Gasteiger partial charge < -0.3 is 14.8 Å². The molecule has 0 radical (unpaired) electrons. The number of carbonyl (C=O) groups is 1. The third kappa shape index (κ3) is 3.61. The monoisotopic (exact) mass is 287 g/mol. The fourth-order valence-electron chi connectivity index (χ4n) is 3.01. The minimum Gasteiger partial charge on any atom is -0.393 e. The molecule has 2 heterocycles. The second-order valence-corrected chi connectivity index (χ2v) is 5.87. The van der Waals surface area contributed by atoms with E-state index in [1.807, 2.05) is 35.0 Å². The van der Waals surface area contributed by atoms with Crippen molar-refractivity contribution in [3.8, 4) is 0 Å². The first kappa shape index (κ1) is 14.1. The largest absolute Gasteiger partial charge is 0.393 e. The van der Waals surface area contributed by atoms with Crippen molar-refractivity contribution in [2.75, 3.05) is 6.54 Å². The van der Waals surface area contributed by atoms with Gasteiger partial charge in [0, 0.05) is 18.9 Å². The van der Waals surface area contributed by atoms with Gasteiger partial charge in [0.2, 0.25) is 5.91 Å². The fraction of sp³-hybridized carbons (Fsp3) is 0.500. The summed E-state index contributed by atoms with van der Waals surface area (Å²) in [6, 6.07) is 5.79. The second kappa shape index (κ2) is 6.26. The molecule has 2 aromatic heterocycles. The summed E-state index contributed by atoms with van der Waals surface area (Å²) in [7, 11) is 0. The molecular weight excluding hydrogens is 266 g/mol. The maximum absolute atomic E-state index is 12.0. The summed E-state index contributed by atoms with van der Waals surface area (Å²) in [6.45, 7) is 0.656. The maximum Gasteiger partial charge on any atom is 0.226 e. The zero-order valence-corrected chi connectivity index (χ0v) is 12.0. The van der Waals surface area contributed by atoms with E-state index in [1.165, 1.54) is 0 Å². The lowest BCUT2D eigenvalue weighted by molar-refractivity contribution is -0.120. The van der Waals surface area contributed by atoms with Gasteiger partial charge in [0.05, 0.1) is 18.2 Å². The molecule has 2 unspecified atom stereocenters. The number of rotatable bonds is 4. The van der Waals surface area contributed by atoms with E-state index in [2.05, 4.69) is 10.3 Å². The highest BCUT2D eigenvalue weighted by Crippen LogP contribution is 2.23.